The molecule has 0 aliphatic heterocycles. The van der Waals surface area contributed by atoms with Gasteiger partial charge in [0, 0.05) is 12.1 Å². The Morgan fingerprint density at radius 1 is 1.12 bits per heavy atom. The summed E-state index contributed by atoms with van der Waals surface area (Å²) in [5, 5.41) is 3.01. The van der Waals surface area contributed by atoms with Crippen LogP contribution >= 0.6 is 0 Å². The number of carbonyl (C=O) groups excluding carboxylic acids is 1. The molecule has 128 valence electrons. The lowest BCUT2D eigenvalue weighted by Gasteiger charge is -2.16. The predicted molar refractivity (Wildman–Crippen MR) is 96.2 cm³/mol. The molecular formula is C20H27N2O2+. The van der Waals surface area contributed by atoms with E-state index in [1.807, 2.05) is 37.4 Å². The van der Waals surface area contributed by atoms with Gasteiger partial charge in [0.2, 0.25) is 0 Å². The van der Waals surface area contributed by atoms with Crippen molar-refractivity contribution in [3.8, 4) is 5.75 Å². The molecule has 1 unspecified atom stereocenters. The maximum atomic E-state index is 12.2. The maximum absolute atomic E-state index is 12.2. The van der Waals surface area contributed by atoms with Gasteiger partial charge in [-0.3, -0.25) is 4.79 Å². The van der Waals surface area contributed by atoms with E-state index in [1.54, 1.807) is 7.11 Å². The summed E-state index contributed by atoms with van der Waals surface area (Å²) < 4.78 is 5.41. The van der Waals surface area contributed by atoms with Crippen molar-refractivity contribution in [1.29, 1.82) is 0 Å². The van der Waals surface area contributed by atoms with E-state index in [1.165, 1.54) is 11.1 Å². The van der Waals surface area contributed by atoms with E-state index in [4.69, 9.17) is 4.74 Å². The van der Waals surface area contributed by atoms with Gasteiger partial charge in [0.05, 0.1) is 14.2 Å². The second-order valence-electron chi connectivity index (χ2n) is 6.33. The number of hydrogen-bond donors (Lipinski definition) is 2. The molecule has 0 saturated carbocycles. The lowest BCUT2D eigenvalue weighted by Crippen LogP contribution is -3.08. The highest BCUT2D eigenvalue weighted by Crippen LogP contribution is 2.18. The normalized spacial score (nSPS) is 11.8. The molecule has 0 aromatic heterocycles. The minimum Gasteiger partial charge on any atom is -0.496 e. The first-order chi connectivity index (χ1) is 11.5. The third-order valence-electron chi connectivity index (χ3n) is 4.13. The quantitative estimate of drug-likeness (QED) is 0.812. The van der Waals surface area contributed by atoms with Gasteiger partial charge in [-0.15, -0.1) is 0 Å². The van der Waals surface area contributed by atoms with Crippen LogP contribution in [0.5, 0.6) is 5.75 Å². The number of ether oxygens (including phenoxy) is 1. The molecule has 2 aromatic rings. The number of quaternary nitrogens is 1. The highest BCUT2D eigenvalue weighted by Gasteiger charge is 2.13. The third-order valence-corrected chi connectivity index (χ3v) is 4.13. The largest absolute Gasteiger partial charge is 0.496 e. The predicted octanol–water partition coefficient (Wildman–Crippen LogP) is 1.64. The molecule has 0 spiro atoms. The zero-order chi connectivity index (χ0) is 17.5. The summed E-state index contributed by atoms with van der Waals surface area (Å²) >= 11 is 0. The summed E-state index contributed by atoms with van der Waals surface area (Å²) in [4.78, 5) is 13.3. The number of methoxy groups -OCH3 is 1. The fraction of sp³-hybridized carbons (Fsp3) is 0.350. The van der Waals surface area contributed by atoms with Crippen LogP contribution in [0.3, 0.4) is 0 Å². The Morgan fingerprint density at radius 2 is 1.88 bits per heavy atom. The first-order valence-corrected chi connectivity index (χ1v) is 8.25. The van der Waals surface area contributed by atoms with Crippen molar-refractivity contribution in [1.82, 2.24) is 5.32 Å². The molecular weight excluding hydrogens is 300 g/mol. The van der Waals surface area contributed by atoms with Gasteiger partial charge >= 0.3 is 0 Å². The van der Waals surface area contributed by atoms with Crippen molar-refractivity contribution in [2.24, 2.45) is 0 Å². The van der Waals surface area contributed by atoms with Crippen LogP contribution in [0.1, 0.15) is 22.3 Å². The molecule has 24 heavy (non-hydrogen) atoms. The second kappa shape index (κ2) is 8.50. The van der Waals surface area contributed by atoms with E-state index in [0.717, 1.165) is 28.3 Å². The van der Waals surface area contributed by atoms with E-state index >= 15 is 0 Å². The average Bonchev–Trinajstić information content (AvgIpc) is 2.54. The van der Waals surface area contributed by atoms with Crippen molar-refractivity contribution >= 4 is 5.91 Å². The van der Waals surface area contributed by atoms with Gasteiger partial charge in [0.1, 0.15) is 12.3 Å². The maximum Gasteiger partial charge on any atom is 0.275 e. The molecule has 2 rings (SSSR count). The lowest BCUT2D eigenvalue weighted by atomic mass is 10.1. The van der Waals surface area contributed by atoms with Gasteiger partial charge in [-0.2, -0.15) is 0 Å². The fourth-order valence-electron chi connectivity index (χ4n) is 2.77. The fourth-order valence-corrected chi connectivity index (χ4v) is 2.77. The number of hydrogen-bond acceptors (Lipinski definition) is 2. The van der Waals surface area contributed by atoms with E-state index in [2.05, 4.69) is 31.3 Å². The number of likely N-dealkylation sites (N-methyl/N-ethyl adjacent to an activating group) is 1. The Morgan fingerprint density at radius 3 is 2.58 bits per heavy atom. The Hall–Kier alpha value is -2.33. The van der Waals surface area contributed by atoms with Gasteiger partial charge in [0.15, 0.2) is 6.54 Å². The molecule has 0 bridgehead atoms. The summed E-state index contributed by atoms with van der Waals surface area (Å²) in [7, 11) is 3.70. The topological polar surface area (TPSA) is 42.8 Å². The van der Waals surface area contributed by atoms with Gasteiger partial charge in [-0.1, -0.05) is 35.9 Å². The Labute approximate surface area is 144 Å². The van der Waals surface area contributed by atoms with Crippen LogP contribution < -0.4 is 15.0 Å². The molecule has 2 aromatic carbocycles. The van der Waals surface area contributed by atoms with Crippen LogP contribution in [-0.2, 0) is 17.9 Å². The highest BCUT2D eigenvalue weighted by atomic mass is 16.5. The van der Waals surface area contributed by atoms with E-state index in [0.29, 0.717) is 13.1 Å². The number of nitrogens with one attached hydrogen (secondary N) is 2. The van der Waals surface area contributed by atoms with Crippen molar-refractivity contribution in [2.75, 3.05) is 20.7 Å². The van der Waals surface area contributed by atoms with Crippen molar-refractivity contribution in [3.05, 3.63) is 64.7 Å². The smallest absolute Gasteiger partial charge is 0.275 e. The van der Waals surface area contributed by atoms with Crippen LogP contribution in [0, 0.1) is 13.8 Å². The third kappa shape index (κ3) is 5.10. The highest BCUT2D eigenvalue weighted by molar-refractivity contribution is 5.76. The standard InChI is InChI=1S/C20H26N2O2/c1-15-9-10-19(24-4)18(11-15)13-22(3)14-20(23)21-12-17-8-6-5-7-16(17)2/h5-11H,12-14H2,1-4H3,(H,21,23)/p+1. The van der Waals surface area contributed by atoms with E-state index < -0.39 is 0 Å². The first kappa shape index (κ1) is 18.0. The molecule has 4 heteroatoms. The Kier molecular flexibility index (Phi) is 6.38. The molecule has 0 aliphatic rings. The summed E-state index contributed by atoms with van der Waals surface area (Å²) in [5.41, 5.74) is 4.68. The summed E-state index contributed by atoms with van der Waals surface area (Å²) in [6.45, 7) is 5.88. The van der Waals surface area contributed by atoms with Gasteiger partial charge in [0.25, 0.3) is 5.91 Å². The molecule has 0 heterocycles. The monoisotopic (exact) mass is 327 g/mol. The van der Waals surface area contributed by atoms with Crippen molar-refractivity contribution in [3.63, 3.8) is 0 Å². The van der Waals surface area contributed by atoms with Crippen LogP contribution in [0.25, 0.3) is 0 Å². The first-order valence-electron chi connectivity index (χ1n) is 8.25. The van der Waals surface area contributed by atoms with Gasteiger partial charge in [-0.05, 0) is 37.1 Å². The Bertz CT molecular complexity index is 698. The number of carbonyl (C=O) groups is 1. The molecule has 0 saturated heterocycles. The van der Waals surface area contributed by atoms with E-state index in [9.17, 15) is 4.79 Å². The summed E-state index contributed by atoms with van der Waals surface area (Å²) in [5.74, 6) is 0.933. The summed E-state index contributed by atoms with van der Waals surface area (Å²) in [6.07, 6.45) is 0. The molecule has 4 nitrogen and oxygen atoms in total. The molecule has 0 radical (unpaired) electrons. The molecule has 0 aliphatic carbocycles. The van der Waals surface area contributed by atoms with Crippen LogP contribution in [0.15, 0.2) is 42.5 Å². The minimum absolute atomic E-state index is 0.0578. The summed E-state index contributed by atoms with van der Waals surface area (Å²) in [6, 6.07) is 14.2. The number of rotatable bonds is 7. The van der Waals surface area contributed by atoms with E-state index in [-0.39, 0.29) is 5.91 Å². The lowest BCUT2D eigenvalue weighted by molar-refractivity contribution is -0.885. The van der Waals surface area contributed by atoms with Crippen LogP contribution in [-0.4, -0.2) is 26.6 Å². The van der Waals surface area contributed by atoms with Gasteiger partial charge in [-0.25, -0.2) is 0 Å². The number of benzene rings is 2. The second-order valence-corrected chi connectivity index (χ2v) is 6.33. The SMILES string of the molecule is COc1ccc(C)cc1C[NH+](C)CC(=O)NCc1ccccc1C. The number of aryl methyl sites for hydroxylation is 2. The molecule has 0 fully saturated rings. The average molecular weight is 327 g/mol. The van der Waals surface area contributed by atoms with Crippen molar-refractivity contribution < 1.29 is 14.4 Å². The molecule has 1 amide bonds. The number of amides is 1. The minimum atomic E-state index is 0.0578. The van der Waals surface area contributed by atoms with Gasteiger partial charge < -0.3 is 15.0 Å². The molecule has 2 N–H and O–H groups in total. The zero-order valence-corrected chi connectivity index (χ0v) is 15.0. The van der Waals surface area contributed by atoms with Crippen molar-refractivity contribution in [2.45, 2.75) is 26.9 Å². The van der Waals surface area contributed by atoms with Crippen LogP contribution in [0.4, 0.5) is 0 Å². The molecule has 1 atom stereocenters. The Balaban J connectivity index is 1.88. The zero-order valence-electron chi connectivity index (χ0n) is 15.0. The van der Waals surface area contributed by atoms with Crippen LogP contribution in [0.2, 0.25) is 0 Å².